The number of hydrazine groups is 1. The standard InChI is InChI=1S/C22H24N6/c1-3-15(14-24-2)19-8-9-20(28-23)21(26-19)27-22(10-11-22)17-6-7-18-16(13-17)5-4-12-25-18/h3-9,12-14,28H,10-11,23H2,1-2H3,(H,26,27)/b15-3+,24-14-. The van der Waals surface area contributed by atoms with E-state index in [9.17, 15) is 0 Å². The van der Waals surface area contributed by atoms with Gasteiger partial charge in [-0.15, -0.1) is 0 Å². The van der Waals surface area contributed by atoms with Crippen molar-refractivity contribution in [1.29, 1.82) is 0 Å². The lowest BCUT2D eigenvalue weighted by molar-refractivity contribution is 0.802. The maximum atomic E-state index is 5.74. The number of hydrogen-bond donors (Lipinski definition) is 3. The van der Waals surface area contributed by atoms with Crippen molar-refractivity contribution < 1.29 is 0 Å². The maximum Gasteiger partial charge on any atom is 0.152 e. The van der Waals surface area contributed by atoms with Crippen LogP contribution in [0.25, 0.3) is 16.5 Å². The van der Waals surface area contributed by atoms with Crippen molar-refractivity contribution >= 4 is 34.2 Å². The third-order valence-corrected chi connectivity index (χ3v) is 5.19. The van der Waals surface area contributed by atoms with Gasteiger partial charge < -0.3 is 10.7 Å². The van der Waals surface area contributed by atoms with Crippen LogP contribution >= 0.6 is 0 Å². The van der Waals surface area contributed by atoms with Crippen LogP contribution in [0.15, 0.2) is 59.7 Å². The predicted molar refractivity (Wildman–Crippen MR) is 116 cm³/mol. The summed E-state index contributed by atoms with van der Waals surface area (Å²) in [5, 5.41) is 4.79. The Hall–Kier alpha value is -3.25. The number of aromatic nitrogens is 2. The molecule has 3 aromatic rings. The molecule has 0 unspecified atom stereocenters. The van der Waals surface area contributed by atoms with Crippen molar-refractivity contribution in [1.82, 2.24) is 9.97 Å². The number of rotatable bonds is 6. The molecule has 6 heteroatoms. The van der Waals surface area contributed by atoms with Gasteiger partial charge in [0.2, 0.25) is 0 Å². The molecule has 2 aromatic heterocycles. The van der Waals surface area contributed by atoms with Gasteiger partial charge in [-0.1, -0.05) is 18.2 Å². The lowest BCUT2D eigenvalue weighted by atomic mass is 10.0. The zero-order chi connectivity index (χ0) is 19.6. The van der Waals surface area contributed by atoms with Crippen LogP contribution in [0.2, 0.25) is 0 Å². The molecule has 1 aromatic carbocycles. The third-order valence-electron chi connectivity index (χ3n) is 5.19. The topological polar surface area (TPSA) is 88.2 Å². The number of aliphatic imine (C=N–C) groups is 1. The molecule has 1 saturated carbocycles. The highest BCUT2D eigenvalue weighted by Gasteiger charge is 2.45. The Labute approximate surface area is 164 Å². The molecule has 2 heterocycles. The summed E-state index contributed by atoms with van der Waals surface area (Å²) in [6.07, 6.45) is 7.71. The number of pyridine rings is 2. The molecule has 0 radical (unpaired) electrons. The summed E-state index contributed by atoms with van der Waals surface area (Å²) < 4.78 is 0. The average Bonchev–Trinajstić information content (AvgIpc) is 3.52. The van der Waals surface area contributed by atoms with E-state index in [1.165, 1.54) is 5.56 Å². The Morgan fingerprint density at radius 3 is 2.79 bits per heavy atom. The second-order valence-electron chi connectivity index (χ2n) is 6.99. The molecule has 0 amide bonds. The number of nitrogens with one attached hydrogen (secondary N) is 2. The molecule has 1 aliphatic carbocycles. The van der Waals surface area contributed by atoms with Crippen molar-refractivity contribution in [2.24, 2.45) is 10.8 Å². The fourth-order valence-electron chi connectivity index (χ4n) is 3.47. The number of benzene rings is 1. The van der Waals surface area contributed by atoms with Crippen LogP contribution in [0.3, 0.4) is 0 Å². The van der Waals surface area contributed by atoms with E-state index in [1.54, 1.807) is 7.05 Å². The van der Waals surface area contributed by atoms with Crippen LogP contribution < -0.4 is 16.6 Å². The molecule has 0 aliphatic heterocycles. The van der Waals surface area contributed by atoms with E-state index in [2.05, 4.69) is 45.0 Å². The maximum absolute atomic E-state index is 5.74. The van der Waals surface area contributed by atoms with E-state index in [0.29, 0.717) is 0 Å². The monoisotopic (exact) mass is 372 g/mol. The Morgan fingerprint density at radius 1 is 1.21 bits per heavy atom. The van der Waals surface area contributed by atoms with Crippen LogP contribution in [-0.4, -0.2) is 23.2 Å². The predicted octanol–water partition coefficient (Wildman–Crippen LogP) is 4.12. The fourth-order valence-corrected chi connectivity index (χ4v) is 3.47. The number of nitrogens with two attached hydrogens (primary N) is 1. The van der Waals surface area contributed by atoms with E-state index in [0.717, 1.165) is 46.5 Å². The van der Waals surface area contributed by atoms with Gasteiger partial charge in [-0.05, 0) is 55.7 Å². The van der Waals surface area contributed by atoms with Gasteiger partial charge in [0, 0.05) is 30.4 Å². The highest BCUT2D eigenvalue weighted by molar-refractivity contribution is 6.09. The molecule has 0 spiro atoms. The van der Waals surface area contributed by atoms with Crippen LogP contribution in [0, 0.1) is 0 Å². The van der Waals surface area contributed by atoms with E-state index < -0.39 is 0 Å². The number of nitrogen functional groups attached to an aromatic ring is 1. The molecule has 1 aliphatic rings. The summed E-state index contributed by atoms with van der Waals surface area (Å²) in [5.41, 5.74) is 7.46. The highest BCUT2D eigenvalue weighted by Crippen LogP contribution is 2.49. The van der Waals surface area contributed by atoms with E-state index >= 15 is 0 Å². The Morgan fingerprint density at radius 2 is 2.07 bits per heavy atom. The zero-order valence-corrected chi connectivity index (χ0v) is 16.1. The van der Waals surface area contributed by atoms with Gasteiger partial charge in [-0.3, -0.25) is 15.8 Å². The second kappa shape index (κ2) is 7.40. The first-order valence-corrected chi connectivity index (χ1v) is 9.39. The van der Waals surface area contributed by atoms with Gasteiger partial charge >= 0.3 is 0 Å². The van der Waals surface area contributed by atoms with Crippen molar-refractivity contribution in [2.75, 3.05) is 17.8 Å². The molecular weight excluding hydrogens is 348 g/mol. The van der Waals surface area contributed by atoms with Gasteiger partial charge in [0.1, 0.15) is 0 Å². The lowest BCUT2D eigenvalue weighted by Gasteiger charge is -2.21. The van der Waals surface area contributed by atoms with Crippen molar-refractivity contribution in [3.05, 3.63) is 66.0 Å². The number of anilines is 2. The molecule has 0 saturated heterocycles. The van der Waals surface area contributed by atoms with Gasteiger partial charge in [0.15, 0.2) is 5.82 Å². The quantitative estimate of drug-likeness (QED) is 0.344. The summed E-state index contributed by atoms with van der Waals surface area (Å²) in [6.45, 7) is 1.98. The van der Waals surface area contributed by atoms with Crippen LogP contribution in [-0.2, 0) is 5.54 Å². The van der Waals surface area contributed by atoms with Crippen LogP contribution in [0.4, 0.5) is 11.5 Å². The van der Waals surface area contributed by atoms with Crippen molar-refractivity contribution in [3.8, 4) is 0 Å². The second-order valence-corrected chi connectivity index (χ2v) is 6.99. The summed E-state index contributed by atoms with van der Waals surface area (Å²) in [4.78, 5) is 13.4. The first-order valence-electron chi connectivity index (χ1n) is 9.39. The molecule has 4 N–H and O–H groups in total. The Balaban J connectivity index is 1.70. The number of hydrogen-bond acceptors (Lipinski definition) is 6. The minimum atomic E-state index is -0.129. The molecular formula is C22H24N6. The van der Waals surface area contributed by atoms with Crippen molar-refractivity contribution in [3.63, 3.8) is 0 Å². The van der Waals surface area contributed by atoms with Gasteiger partial charge in [-0.2, -0.15) is 0 Å². The minimum absolute atomic E-state index is 0.129. The number of nitrogens with zero attached hydrogens (tertiary/aromatic N) is 3. The summed E-state index contributed by atoms with van der Waals surface area (Å²) >= 11 is 0. The highest BCUT2D eigenvalue weighted by atomic mass is 15.2. The molecule has 0 bridgehead atoms. The Bertz CT molecular complexity index is 1070. The molecule has 0 atom stereocenters. The number of allylic oxidation sites excluding steroid dienone is 2. The van der Waals surface area contributed by atoms with Gasteiger partial charge in [-0.25, -0.2) is 4.98 Å². The zero-order valence-electron chi connectivity index (χ0n) is 16.1. The van der Waals surface area contributed by atoms with E-state index in [-0.39, 0.29) is 5.54 Å². The van der Waals surface area contributed by atoms with Crippen LogP contribution in [0.5, 0.6) is 0 Å². The molecule has 4 rings (SSSR count). The van der Waals surface area contributed by atoms with Crippen LogP contribution in [0.1, 0.15) is 31.0 Å². The van der Waals surface area contributed by atoms with Gasteiger partial charge in [0.25, 0.3) is 0 Å². The van der Waals surface area contributed by atoms with Crippen molar-refractivity contribution in [2.45, 2.75) is 25.3 Å². The first kappa shape index (κ1) is 18.1. The molecule has 6 nitrogen and oxygen atoms in total. The smallest absolute Gasteiger partial charge is 0.152 e. The summed E-state index contributed by atoms with van der Waals surface area (Å²) in [6, 6.07) is 14.4. The summed E-state index contributed by atoms with van der Waals surface area (Å²) in [5.74, 6) is 6.48. The van der Waals surface area contributed by atoms with E-state index in [1.807, 2.05) is 43.6 Å². The minimum Gasteiger partial charge on any atom is -0.359 e. The molecule has 28 heavy (non-hydrogen) atoms. The normalized spacial score (nSPS) is 15.8. The Kier molecular flexibility index (Phi) is 4.79. The average molecular weight is 372 g/mol. The third kappa shape index (κ3) is 3.34. The fraction of sp³-hybridized carbons (Fsp3) is 0.227. The van der Waals surface area contributed by atoms with E-state index in [4.69, 9.17) is 10.8 Å². The lowest BCUT2D eigenvalue weighted by Crippen LogP contribution is -2.22. The SMILES string of the molecule is C/C=C(\C=N/C)c1ccc(NN)c(NC2(c3ccc4ncccc4c3)CC2)n1. The number of fused-ring (bicyclic) bond motifs is 1. The molecule has 1 fully saturated rings. The molecule has 142 valence electrons. The largest absolute Gasteiger partial charge is 0.359 e. The first-order chi connectivity index (χ1) is 13.7. The van der Waals surface area contributed by atoms with Gasteiger partial charge in [0.05, 0.1) is 22.4 Å². The summed E-state index contributed by atoms with van der Waals surface area (Å²) in [7, 11) is 1.76.